The van der Waals surface area contributed by atoms with Crippen molar-refractivity contribution in [3.63, 3.8) is 0 Å². The van der Waals surface area contributed by atoms with E-state index < -0.39 is 254 Å². The molecule has 11 bridgehead atoms. The van der Waals surface area contributed by atoms with Crippen LogP contribution in [0.2, 0.25) is 20.1 Å². The van der Waals surface area contributed by atoms with Gasteiger partial charge in [0, 0.05) is 55.5 Å². The van der Waals surface area contributed by atoms with Crippen molar-refractivity contribution < 1.29 is 127 Å². The molecule has 0 spiro atoms. The molecule has 9 amide bonds. The zero-order valence-electron chi connectivity index (χ0n) is 68.5. The number of methoxy groups -OCH3 is 1. The molecule has 40 nitrogen and oxygen atoms in total. The highest BCUT2D eigenvalue weighted by molar-refractivity contribution is 6.42. The zero-order chi connectivity index (χ0) is 91.9. The number of carbonyl (C=O) groups is 9. The number of benzene rings is 6. The highest BCUT2D eigenvalue weighted by Crippen LogP contribution is 2.50. The normalized spacial score (nSPS) is 25.7. The molecule has 7 aromatic rings. The van der Waals surface area contributed by atoms with E-state index in [0.29, 0.717) is 10.6 Å². The van der Waals surface area contributed by atoms with Crippen LogP contribution >= 0.6 is 46.4 Å². The Labute approximate surface area is 743 Å². The van der Waals surface area contributed by atoms with Gasteiger partial charge in [-0.1, -0.05) is 84.5 Å². The smallest absolute Gasteiger partial charge is 0.349 e. The molecule has 127 heavy (non-hydrogen) atoms. The number of likely N-dealkylation sites (N-methyl/N-ethyl adjacent to an activating group) is 1. The van der Waals surface area contributed by atoms with Crippen LogP contribution in [0.1, 0.15) is 111 Å². The quantitative estimate of drug-likeness (QED) is 0.0304. The summed E-state index contributed by atoms with van der Waals surface area (Å²) in [5, 5.41) is 130. The number of primary amides is 1. The Hall–Kier alpha value is -11.1. The maximum Gasteiger partial charge on any atom is 0.349 e. The number of carbonyl (C=O) groups excluding carboxylic acids is 9. The number of aliphatic hydroxyl groups excluding tert-OH is 6. The Morgan fingerprint density at radius 1 is 0.701 bits per heavy atom. The summed E-state index contributed by atoms with van der Waals surface area (Å²) in [7, 11) is 2.80. The molecule has 8 heterocycles. The molecule has 6 aromatic carbocycles. The van der Waals surface area contributed by atoms with Gasteiger partial charge in [0.15, 0.2) is 23.9 Å². The van der Waals surface area contributed by atoms with Gasteiger partial charge in [-0.15, -0.1) is 0 Å². The Morgan fingerprint density at radius 2 is 1.36 bits per heavy atom. The summed E-state index contributed by atoms with van der Waals surface area (Å²) in [5.41, 5.74) is 3.58. The van der Waals surface area contributed by atoms with E-state index in [0.717, 1.165) is 66.7 Å². The van der Waals surface area contributed by atoms with Gasteiger partial charge in [-0.05, 0) is 139 Å². The van der Waals surface area contributed by atoms with Crippen LogP contribution in [0.15, 0.2) is 114 Å². The van der Waals surface area contributed by atoms with Crippen LogP contribution in [-0.4, -0.2) is 228 Å². The topological polar surface area (TPSA) is 591 Å². The Balaban J connectivity index is 0.997. The Morgan fingerprint density at radius 3 is 2.00 bits per heavy atom. The molecule has 2 unspecified atom stereocenters. The van der Waals surface area contributed by atoms with E-state index >= 15 is 24.0 Å². The average Bonchev–Trinajstić information content (AvgIpc) is 0.766. The first kappa shape index (κ1) is 95.0. The summed E-state index contributed by atoms with van der Waals surface area (Å²) in [5.74, 6) is -16.2. The van der Waals surface area contributed by atoms with Crippen LogP contribution in [0.3, 0.4) is 0 Å². The summed E-state index contributed by atoms with van der Waals surface area (Å²) in [4.78, 5) is 156. The summed E-state index contributed by atoms with van der Waals surface area (Å²) in [6.45, 7) is 5.22. The number of aromatic nitrogens is 2. The van der Waals surface area contributed by atoms with Crippen molar-refractivity contribution in [2.45, 2.75) is 169 Å². The number of phenolic OH excluding ortho intramolecular Hbond substituents is 3. The number of nitrogens with zero attached hydrogens (tertiary/aromatic N) is 2. The fourth-order valence-corrected chi connectivity index (χ4v) is 15.9. The molecular formula is C83H93Cl4N13O27. The van der Waals surface area contributed by atoms with Gasteiger partial charge in [0.1, 0.15) is 101 Å². The van der Waals surface area contributed by atoms with Gasteiger partial charge in [0.25, 0.3) is 5.91 Å². The second-order valence-electron chi connectivity index (χ2n) is 31.3. The predicted octanol–water partition coefficient (Wildman–Crippen LogP) is 2.09. The molecule has 0 aliphatic carbocycles. The highest BCUT2D eigenvalue weighted by Gasteiger charge is 2.52. The van der Waals surface area contributed by atoms with Crippen LogP contribution in [0, 0.1) is 5.92 Å². The van der Waals surface area contributed by atoms with Gasteiger partial charge in [-0.2, -0.15) is 4.98 Å². The van der Waals surface area contributed by atoms with E-state index in [1.54, 1.807) is 13.0 Å². The van der Waals surface area contributed by atoms with Crippen LogP contribution < -0.4 is 79.0 Å². The van der Waals surface area contributed by atoms with Crippen LogP contribution in [0.25, 0.3) is 11.1 Å². The second-order valence-corrected chi connectivity index (χ2v) is 32.9. The second kappa shape index (κ2) is 40.9. The van der Waals surface area contributed by atoms with Crippen molar-refractivity contribution in [1.29, 1.82) is 0 Å². The van der Waals surface area contributed by atoms with E-state index in [4.69, 9.17) is 90.1 Å². The average molecular weight is 1850 g/mol. The number of aliphatic hydroxyl groups is 6. The number of hydrogen-bond acceptors (Lipinski definition) is 30. The van der Waals surface area contributed by atoms with Crippen molar-refractivity contribution in [3.8, 4) is 57.1 Å². The fraction of sp³-hybridized carbons (Fsp3) is 0.410. The maximum absolute atomic E-state index is 16.4. The molecule has 14 rings (SSSR count). The molecule has 2 fully saturated rings. The Kier molecular flexibility index (Phi) is 30.6. The first-order valence-corrected chi connectivity index (χ1v) is 41.3. The molecular weight excluding hydrogens is 1750 g/mol. The number of phenols is 3. The minimum absolute atomic E-state index is 0.0422. The third kappa shape index (κ3) is 22.0. The highest BCUT2D eigenvalue weighted by atomic mass is 35.5. The lowest BCUT2D eigenvalue weighted by molar-refractivity contribution is -0.334. The molecule has 0 saturated carbocycles. The molecule has 0 radical (unpaired) electrons. The molecule has 1 aromatic heterocycles. The van der Waals surface area contributed by atoms with Crippen molar-refractivity contribution in [3.05, 3.63) is 173 Å². The van der Waals surface area contributed by atoms with Crippen molar-refractivity contribution in [2.24, 2.45) is 11.7 Å². The molecule has 44 heteroatoms. The lowest BCUT2D eigenvalue weighted by Gasteiger charge is -2.48. The van der Waals surface area contributed by atoms with Crippen molar-refractivity contribution in [1.82, 2.24) is 57.6 Å². The largest absolute Gasteiger partial charge is 0.508 e. The van der Waals surface area contributed by atoms with Gasteiger partial charge in [-0.25, -0.2) is 10.3 Å². The lowest BCUT2D eigenvalue weighted by atomic mass is 9.85. The number of ether oxygens (including phenoxy) is 7. The van der Waals surface area contributed by atoms with E-state index in [1.807, 2.05) is 13.8 Å². The summed E-state index contributed by atoms with van der Waals surface area (Å²) in [6, 6.07) is 5.50. The van der Waals surface area contributed by atoms with Crippen molar-refractivity contribution in [2.75, 3.05) is 45.8 Å². The third-order valence-corrected chi connectivity index (χ3v) is 23.0. The molecule has 2 saturated heterocycles. The predicted molar refractivity (Wildman–Crippen MR) is 449 cm³/mol. The van der Waals surface area contributed by atoms with E-state index in [1.165, 1.54) is 62.2 Å². The van der Waals surface area contributed by atoms with E-state index in [9.17, 15) is 69.9 Å². The monoisotopic (exact) mass is 1840 g/mol. The number of rotatable bonds is 24. The summed E-state index contributed by atoms with van der Waals surface area (Å²) >= 11 is 26.6. The molecule has 7 aliphatic heterocycles. The van der Waals surface area contributed by atoms with Crippen LogP contribution in [0.5, 0.6) is 46.0 Å². The standard InChI is InChI=1S/C83H93Cl4N13O27/c1-34(2)21-48(89-5)74(112)97-65-67(107)38-9-13-52(46(86)25-38)123-54-27-40-28-55(71(54)127-81-72(70(110)69(109)56(33-101)125-81)126-60-32-83(4,73(111)35(3)122-60)90-16-18-100-17-15-58(93-82(100)119)92-59(106)23-36-7-11-44(84)45(85)22-36)124-53-14-10-39(26-47(53)87)68(108)66-79(117)96-64(80(118)99-121-20-19-120-6)43-29-41(102)30-51(104)61(43)42-24-37(8-12-50(42)103)62(76(114)98-66)95-77(115)63(40)94-75(113)49(31-57(88)105)91-78(65)116/h7-15,17,22,24-30,34-35,48-49,56,60,62-70,72-73,81,89-90,101-104,107-111H,16,18-21,23,31-33H2,1-6H3,(H2,88,105)(H,91,116)(H,94,113)(H,95,115)(H,96,117)(H,97,112)(H,98,114)(H,99,118)(H,92,93,106,119)/t35-,48+,49?,56+,60-,62+,63?,64+,65+,66-,67+,68+,69+,70-,72+,73+,81-,83-/m0/s1. The van der Waals surface area contributed by atoms with Gasteiger partial charge in [0.05, 0.1) is 71.0 Å². The number of amides is 9. The Bertz CT molecular complexity index is 5410. The SMILES string of the molecule is CN[C@H](CC(C)C)C(=O)N[C@H]1C(=O)NC(CC(N)=O)C(=O)NC2C(=O)N[C@H]3C(=O)N[C@H](C(=O)N[C@@H](C(=O)NOCCOC)c4cc(O)cc(O)c4-c4cc3ccc4O)[C@H](O)c3ccc(c(Cl)c3)Oc3cc2cc(c3O[C@@H]2O[C@H](CO)[C@@H](O)[C@H](O)[C@H]2O[C@H]2C[C@](C)(NCCn3ccc(NC(=O)Cc4ccc(Cl)c(Cl)c4)nc3=O)[C@H](O)[C@H](C)O2)Oc2ccc(cc2Cl)[C@H]1O. The lowest BCUT2D eigenvalue weighted by Crippen LogP contribution is -2.65. The maximum atomic E-state index is 16.4. The minimum Gasteiger partial charge on any atom is -0.508 e. The number of halogens is 4. The number of aromatic hydroxyl groups is 3. The number of fused-ring (bicyclic) bond motifs is 15. The number of nitrogens with one attached hydrogen (secondary N) is 10. The van der Waals surface area contributed by atoms with Gasteiger partial charge in [-0.3, -0.25) is 52.6 Å². The van der Waals surface area contributed by atoms with Gasteiger partial charge in [0.2, 0.25) is 59.3 Å². The number of anilines is 1. The fourth-order valence-electron chi connectivity index (χ4n) is 15.1. The van der Waals surface area contributed by atoms with Crippen LogP contribution in [0.4, 0.5) is 5.82 Å². The van der Waals surface area contributed by atoms with Gasteiger partial charge < -0.3 is 133 Å². The summed E-state index contributed by atoms with van der Waals surface area (Å²) in [6.07, 6.45) is -18.3. The third-order valence-electron chi connectivity index (χ3n) is 21.7. The van der Waals surface area contributed by atoms with Crippen LogP contribution in [-0.2, 0) is 79.9 Å². The molecule has 18 atom stereocenters. The zero-order valence-corrected chi connectivity index (χ0v) is 71.5. The number of hydrogen-bond donors (Lipinski definition) is 20. The first-order chi connectivity index (χ1) is 60.3. The molecule has 21 N–H and O–H groups in total. The molecule has 680 valence electrons. The van der Waals surface area contributed by atoms with Crippen molar-refractivity contribution >= 4 is 105 Å². The van der Waals surface area contributed by atoms with E-state index in [-0.39, 0.29) is 84.8 Å². The number of hydroxylamine groups is 1. The molecule has 7 aliphatic rings. The van der Waals surface area contributed by atoms with E-state index in [2.05, 4.69) is 58.3 Å². The number of nitrogens with two attached hydrogens (primary N) is 1. The first-order valence-electron chi connectivity index (χ1n) is 39.8. The minimum atomic E-state index is -2.40. The van der Waals surface area contributed by atoms with Gasteiger partial charge >= 0.3 is 5.69 Å². The summed E-state index contributed by atoms with van der Waals surface area (Å²) < 4.78 is 45.7.